The van der Waals surface area contributed by atoms with Crippen molar-refractivity contribution in [3.63, 3.8) is 0 Å². The second-order valence-corrected chi connectivity index (χ2v) is 8.67. The van der Waals surface area contributed by atoms with Gasteiger partial charge in [0.1, 0.15) is 0 Å². The van der Waals surface area contributed by atoms with E-state index in [0.717, 1.165) is 29.9 Å². The molecule has 0 radical (unpaired) electrons. The molecule has 3 heterocycles. The van der Waals surface area contributed by atoms with E-state index in [0.29, 0.717) is 19.6 Å². The molecule has 0 spiro atoms. The van der Waals surface area contributed by atoms with Crippen molar-refractivity contribution in [1.29, 1.82) is 0 Å². The summed E-state index contributed by atoms with van der Waals surface area (Å²) in [6.07, 6.45) is -3.60. The van der Waals surface area contributed by atoms with Gasteiger partial charge in [-0.2, -0.15) is 13.2 Å². The Labute approximate surface area is 188 Å². The van der Waals surface area contributed by atoms with E-state index in [2.05, 4.69) is 5.32 Å². The lowest BCUT2D eigenvalue weighted by Crippen LogP contribution is -2.50. The van der Waals surface area contributed by atoms with E-state index in [1.807, 2.05) is 36.4 Å². The molecule has 0 unspecified atom stereocenters. The van der Waals surface area contributed by atoms with Crippen LogP contribution in [0.4, 0.5) is 23.7 Å². The van der Waals surface area contributed by atoms with Gasteiger partial charge in [-0.05, 0) is 54.3 Å². The lowest BCUT2D eigenvalue weighted by molar-refractivity contribution is -0.137. The number of hydrogen-bond donors (Lipinski definition) is 1. The Balaban J connectivity index is 1.41. The topological polar surface area (TPSA) is 54.3 Å². The molecule has 2 aliphatic rings. The number of urea groups is 1. The summed E-state index contributed by atoms with van der Waals surface area (Å²) in [4.78, 5) is 27.8. The summed E-state index contributed by atoms with van der Waals surface area (Å²) in [5.74, 6) is 0.106. The maximum Gasteiger partial charge on any atom is 0.416 e. The first-order chi connectivity index (χ1) is 15.8. The molecular weight excluding hydrogens is 431 g/mol. The minimum atomic E-state index is -4.47. The zero-order valence-corrected chi connectivity index (χ0v) is 17.7. The van der Waals surface area contributed by atoms with Crippen LogP contribution in [-0.2, 0) is 12.7 Å². The number of fused-ring (bicyclic) bond motifs is 4. The SMILES string of the molecule is O=C(Nc1ccccc1)N1C[C@@H]2C[C@H](C1)c1ccc(-c3cccc(C(F)(F)F)c3)c(=O)n1C2. The fourth-order valence-electron chi connectivity index (χ4n) is 4.92. The number of nitrogens with one attached hydrogen (secondary N) is 1. The van der Waals surface area contributed by atoms with E-state index < -0.39 is 11.7 Å². The van der Waals surface area contributed by atoms with Crippen LogP contribution in [0.25, 0.3) is 11.1 Å². The zero-order chi connectivity index (χ0) is 23.2. The van der Waals surface area contributed by atoms with E-state index >= 15 is 0 Å². The van der Waals surface area contributed by atoms with Crippen molar-refractivity contribution in [2.24, 2.45) is 5.92 Å². The quantitative estimate of drug-likeness (QED) is 0.581. The summed E-state index contributed by atoms with van der Waals surface area (Å²) in [5.41, 5.74) is 0.987. The van der Waals surface area contributed by atoms with Crippen LogP contribution in [0.2, 0.25) is 0 Å². The lowest BCUT2D eigenvalue weighted by atomic mass is 9.83. The Hall–Kier alpha value is -3.55. The largest absolute Gasteiger partial charge is 0.416 e. The van der Waals surface area contributed by atoms with Crippen molar-refractivity contribution in [2.45, 2.75) is 25.1 Å². The van der Waals surface area contributed by atoms with E-state index in [1.165, 1.54) is 12.1 Å². The van der Waals surface area contributed by atoms with Gasteiger partial charge in [-0.1, -0.05) is 30.3 Å². The molecule has 2 amide bonds. The van der Waals surface area contributed by atoms with Gasteiger partial charge in [0.25, 0.3) is 5.56 Å². The molecule has 1 saturated heterocycles. The van der Waals surface area contributed by atoms with Gasteiger partial charge in [-0.15, -0.1) is 0 Å². The maximum atomic E-state index is 13.3. The number of piperidine rings is 1. The van der Waals surface area contributed by atoms with Crippen molar-refractivity contribution in [3.05, 3.63) is 88.3 Å². The van der Waals surface area contributed by atoms with Crippen LogP contribution in [0, 0.1) is 5.92 Å². The molecule has 1 aromatic heterocycles. The number of halogens is 3. The third-order valence-corrected chi connectivity index (χ3v) is 6.42. The fourth-order valence-corrected chi connectivity index (χ4v) is 4.92. The van der Waals surface area contributed by atoms with Gasteiger partial charge in [0.15, 0.2) is 0 Å². The third kappa shape index (κ3) is 4.13. The molecule has 5 nitrogen and oxygen atoms in total. The molecule has 0 aliphatic carbocycles. The molecule has 2 aromatic carbocycles. The minimum absolute atomic E-state index is 0.00211. The van der Waals surface area contributed by atoms with Crippen molar-refractivity contribution < 1.29 is 18.0 Å². The second-order valence-electron chi connectivity index (χ2n) is 8.67. The van der Waals surface area contributed by atoms with Crippen LogP contribution in [0.3, 0.4) is 0 Å². The Kier molecular flexibility index (Phi) is 5.23. The summed E-state index contributed by atoms with van der Waals surface area (Å²) in [6.45, 7) is 1.44. The highest BCUT2D eigenvalue weighted by Crippen LogP contribution is 2.37. The first kappa shape index (κ1) is 21.3. The summed E-state index contributed by atoms with van der Waals surface area (Å²) in [5, 5.41) is 2.91. The van der Waals surface area contributed by atoms with E-state index in [1.54, 1.807) is 15.5 Å². The molecule has 33 heavy (non-hydrogen) atoms. The van der Waals surface area contributed by atoms with Gasteiger partial charge < -0.3 is 14.8 Å². The highest BCUT2D eigenvalue weighted by atomic mass is 19.4. The number of para-hydroxylation sites is 1. The Bertz CT molecular complexity index is 1250. The molecule has 2 atom stereocenters. The number of aromatic nitrogens is 1. The normalized spacial score (nSPS) is 19.7. The number of benzene rings is 2. The number of nitrogens with zero attached hydrogens (tertiary/aromatic N) is 2. The molecule has 2 bridgehead atoms. The number of pyridine rings is 1. The lowest BCUT2D eigenvalue weighted by Gasteiger charge is -2.42. The highest BCUT2D eigenvalue weighted by Gasteiger charge is 2.37. The van der Waals surface area contributed by atoms with E-state index in [4.69, 9.17) is 0 Å². The minimum Gasteiger partial charge on any atom is -0.324 e. The Morgan fingerprint density at radius 2 is 1.73 bits per heavy atom. The monoisotopic (exact) mass is 453 g/mol. The van der Waals surface area contributed by atoms with Crippen molar-refractivity contribution in [2.75, 3.05) is 18.4 Å². The molecule has 2 aliphatic heterocycles. The van der Waals surface area contributed by atoms with Crippen LogP contribution >= 0.6 is 0 Å². The van der Waals surface area contributed by atoms with Gasteiger partial charge in [-0.25, -0.2) is 4.79 Å². The van der Waals surface area contributed by atoms with Gasteiger partial charge in [0, 0.05) is 42.5 Å². The van der Waals surface area contributed by atoms with Crippen LogP contribution < -0.4 is 10.9 Å². The van der Waals surface area contributed by atoms with Gasteiger partial charge >= 0.3 is 12.2 Å². The smallest absolute Gasteiger partial charge is 0.324 e. The van der Waals surface area contributed by atoms with Crippen LogP contribution in [0.1, 0.15) is 23.6 Å². The van der Waals surface area contributed by atoms with Gasteiger partial charge in [0.2, 0.25) is 0 Å². The number of alkyl halides is 3. The molecule has 8 heteroatoms. The second kappa shape index (κ2) is 8.10. The number of anilines is 1. The average molecular weight is 453 g/mol. The Morgan fingerprint density at radius 1 is 0.939 bits per heavy atom. The molecular formula is C25H22F3N3O2. The summed E-state index contributed by atoms with van der Waals surface area (Å²) in [7, 11) is 0. The number of likely N-dealkylation sites (tertiary alicyclic amines) is 1. The molecule has 0 saturated carbocycles. The zero-order valence-electron chi connectivity index (χ0n) is 17.7. The van der Waals surface area contributed by atoms with E-state index in [-0.39, 0.29) is 34.6 Å². The average Bonchev–Trinajstić information content (AvgIpc) is 2.80. The standard InChI is InChI=1S/C25H22F3N3O2/c26-25(27,28)19-6-4-5-17(12-19)21-9-10-22-18-11-16(14-31(22)23(21)32)13-30(15-18)24(33)29-20-7-2-1-3-8-20/h1-10,12,16,18H,11,13-15H2,(H,29,33)/t16-,18+/m0/s1. The highest BCUT2D eigenvalue weighted by molar-refractivity contribution is 5.89. The predicted molar refractivity (Wildman–Crippen MR) is 119 cm³/mol. The van der Waals surface area contributed by atoms with Gasteiger partial charge in [0.05, 0.1) is 5.56 Å². The van der Waals surface area contributed by atoms with Crippen molar-refractivity contribution in [3.8, 4) is 11.1 Å². The van der Waals surface area contributed by atoms with E-state index in [9.17, 15) is 22.8 Å². The van der Waals surface area contributed by atoms with Gasteiger partial charge in [-0.3, -0.25) is 4.79 Å². The number of carbonyl (C=O) groups is 1. The molecule has 170 valence electrons. The number of carbonyl (C=O) groups excluding carboxylic acids is 1. The molecule has 1 N–H and O–H groups in total. The Morgan fingerprint density at radius 3 is 2.48 bits per heavy atom. The van der Waals surface area contributed by atoms with Crippen molar-refractivity contribution in [1.82, 2.24) is 9.47 Å². The number of rotatable bonds is 2. The predicted octanol–water partition coefficient (Wildman–Crippen LogP) is 5.19. The van der Waals surface area contributed by atoms with Crippen LogP contribution in [0.15, 0.2) is 71.5 Å². The van der Waals surface area contributed by atoms with Crippen molar-refractivity contribution >= 4 is 11.7 Å². The first-order valence-electron chi connectivity index (χ1n) is 10.8. The summed E-state index contributed by atoms with van der Waals surface area (Å²) in [6, 6.07) is 17.3. The summed E-state index contributed by atoms with van der Waals surface area (Å²) >= 11 is 0. The first-order valence-corrected chi connectivity index (χ1v) is 10.8. The third-order valence-electron chi connectivity index (χ3n) is 6.42. The number of amides is 2. The molecule has 3 aromatic rings. The number of hydrogen-bond acceptors (Lipinski definition) is 2. The van der Waals surface area contributed by atoms with Crippen LogP contribution in [0.5, 0.6) is 0 Å². The fraction of sp³-hybridized carbons (Fsp3) is 0.280. The molecule has 1 fully saturated rings. The van der Waals surface area contributed by atoms with Crippen LogP contribution in [-0.4, -0.2) is 28.6 Å². The summed E-state index contributed by atoms with van der Waals surface area (Å²) < 4.78 is 41.1. The maximum absolute atomic E-state index is 13.3. The molecule has 5 rings (SSSR count).